The van der Waals surface area contributed by atoms with E-state index in [1.54, 1.807) is 24.3 Å². The molecule has 0 aliphatic carbocycles. The maximum atomic E-state index is 12.8. The molecule has 7 nitrogen and oxygen atoms in total. The van der Waals surface area contributed by atoms with E-state index in [9.17, 15) is 20.1 Å². The van der Waals surface area contributed by atoms with Gasteiger partial charge in [-0.25, -0.2) is 0 Å². The summed E-state index contributed by atoms with van der Waals surface area (Å²) in [5.41, 5.74) is 1.22. The molecule has 3 aromatic rings. The molecule has 1 aliphatic rings. The third-order valence-corrected chi connectivity index (χ3v) is 4.74. The Kier molecular flexibility index (Phi) is 4.39. The van der Waals surface area contributed by atoms with Gasteiger partial charge in [-0.2, -0.15) is 4.57 Å². The number of aromatic nitrogens is 1. The summed E-state index contributed by atoms with van der Waals surface area (Å²) in [5, 5.41) is 32.6. The number of carbonyl (C=O) groups is 1. The molecule has 0 radical (unpaired) electrons. The average Bonchev–Trinajstić information content (AvgIpc) is 3.36. The predicted molar refractivity (Wildman–Crippen MR) is 90.7 cm³/mol. The number of fused-ring (bicyclic) bond motifs is 1. The molecule has 0 fully saturated rings. The first kappa shape index (κ1) is 17.3. The van der Waals surface area contributed by atoms with E-state index in [4.69, 9.17) is 8.83 Å². The molecular formula is C20H17NO6. The van der Waals surface area contributed by atoms with Crippen molar-refractivity contribution in [3.8, 4) is 5.75 Å². The van der Waals surface area contributed by atoms with Crippen molar-refractivity contribution in [3.63, 3.8) is 0 Å². The number of aliphatic hydroxyl groups excluding tert-OH is 2. The van der Waals surface area contributed by atoms with Crippen LogP contribution in [0.3, 0.4) is 0 Å². The van der Waals surface area contributed by atoms with Gasteiger partial charge < -0.3 is 24.2 Å². The lowest BCUT2D eigenvalue weighted by atomic mass is 9.92. The van der Waals surface area contributed by atoms with Gasteiger partial charge in [-0.15, -0.1) is 0 Å². The van der Waals surface area contributed by atoms with Gasteiger partial charge in [0.1, 0.15) is 18.1 Å². The van der Waals surface area contributed by atoms with Crippen LogP contribution in [0, 0.1) is 0 Å². The summed E-state index contributed by atoms with van der Waals surface area (Å²) in [6.07, 6.45) is 5.81. The fourth-order valence-corrected chi connectivity index (χ4v) is 3.51. The maximum Gasteiger partial charge on any atom is 0.259 e. The fraction of sp³-hybridized carbons (Fsp3) is 0.200. The van der Waals surface area contributed by atoms with Gasteiger partial charge in [0.2, 0.25) is 6.04 Å². The predicted octanol–water partition coefficient (Wildman–Crippen LogP) is 1.13. The highest BCUT2D eigenvalue weighted by Gasteiger charge is 2.39. The van der Waals surface area contributed by atoms with Crippen LogP contribution in [0.2, 0.25) is 0 Å². The molecule has 0 spiro atoms. The SMILES string of the molecule is O=C1C=C(c2ccco2)C(CO)[n+]2cc([O-])c(Cc3ccco3)c(CO)c21. The molecule has 1 atom stereocenters. The van der Waals surface area contributed by atoms with Crippen LogP contribution in [-0.4, -0.2) is 22.6 Å². The topological polar surface area (TPSA) is 111 Å². The molecule has 7 heteroatoms. The Morgan fingerprint density at radius 1 is 1.11 bits per heavy atom. The number of carbonyl (C=O) groups excluding carboxylic acids is 1. The van der Waals surface area contributed by atoms with Gasteiger partial charge >= 0.3 is 0 Å². The summed E-state index contributed by atoms with van der Waals surface area (Å²) in [5.74, 6) is 0.292. The van der Waals surface area contributed by atoms with Crippen molar-refractivity contribution < 1.29 is 33.5 Å². The average molecular weight is 367 g/mol. The maximum absolute atomic E-state index is 12.8. The Morgan fingerprint density at radius 2 is 1.89 bits per heavy atom. The second-order valence-corrected chi connectivity index (χ2v) is 6.26. The summed E-state index contributed by atoms with van der Waals surface area (Å²) >= 11 is 0. The Labute approximate surface area is 154 Å². The van der Waals surface area contributed by atoms with E-state index in [0.29, 0.717) is 22.7 Å². The van der Waals surface area contributed by atoms with E-state index >= 15 is 0 Å². The highest BCUT2D eigenvalue weighted by Crippen LogP contribution is 2.32. The zero-order valence-electron chi connectivity index (χ0n) is 14.3. The van der Waals surface area contributed by atoms with Crippen LogP contribution in [0.1, 0.15) is 39.2 Å². The molecule has 0 amide bonds. The molecule has 0 saturated carbocycles. The van der Waals surface area contributed by atoms with Gasteiger partial charge in [0.05, 0.1) is 30.3 Å². The Balaban J connectivity index is 1.88. The number of ketones is 1. The second kappa shape index (κ2) is 6.86. The third kappa shape index (κ3) is 2.87. The van der Waals surface area contributed by atoms with Gasteiger partial charge in [0.25, 0.3) is 11.5 Å². The molecule has 0 aromatic carbocycles. The lowest BCUT2D eigenvalue weighted by Gasteiger charge is -2.24. The van der Waals surface area contributed by atoms with Gasteiger partial charge in [0, 0.05) is 12.5 Å². The lowest BCUT2D eigenvalue weighted by molar-refractivity contribution is -0.715. The number of allylic oxidation sites excluding steroid dienone is 1. The highest BCUT2D eigenvalue weighted by molar-refractivity contribution is 6.08. The zero-order valence-corrected chi connectivity index (χ0v) is 14.3. The molecule has 0 bridgehead atoms. The molecule has 2 N–H and O–H groups in total. The van der Waals surface area contributed by atoms with Gasteiger partial charge in [0.15, 0.2) is 6.20 Å². The van der Waals surface area contributed by atoms with Crippen molar-refractivity contribution in [3.05, 3.63) is 77.4 Å². The van der Waals surface area contributed by atoms with Crippen LogP contribution >= 0.6 is 0 Å². The summed E-state index contributed by atoms with van der Waals surface area (Å²) in [6, 6.07) is 6.13. The van der Waals surface area contributed by atoms with Crippen molar-refractivity contribution in [1.29, 1.82) is 0 Å². The lowest BCUT2D eigenvalue weighted by Crippen LogP contribution is -2.51. The number of pyridine rings is 1. The van der Waals surface area contributed by atoms with Crippen LogP contribution < -0.4 is 9.67 Å². The van der Waals surface area contributed by atoms with Gasteiger partial charge in [-0.05, 0) is 35.6 Å². The van der Waals surface area contributed by atoms with Crippen molar-refractivity contribution in [1.82, 2.24) is 0 Å². The summed E-state index contributed by atoms with van der Waals surface area (Å²) in [4.78, 5) is 12.8. The minimum atomic E-state index is -0.667. The number of hydrogen-bond donors (Lipinski definition) is 2. The second-order valence-electron chi connectivity index (χ2n) is 6.26. The summed E-state index contributed by atoms with van der Waals surface area (Å²) in [6.45, 7) is -0.811. The van der Waals surface area contributed by atoms with Crippen molar-refractivity contribution in [2.45, 2.75) is 19.1 Å². The number of rotatable bonds is 5. The molecule has 1 unspecified atom stereocenters. The van der Waals surface area contributed by atoms with Crippen LogP contribution in [0.25, 0.3) is 5.57 Å². The van der Waals surface area contributed by atoms with E-state index in [0.717, 1.165) is 0 Å². The molecular weight excluding hydrogens is 350 g/mol. The molecule has 4 rings (SSSR count). The first-order valence-electron chi connectivity index (χ1n) is 8.44. The van der Waals surface area contributed by atoms with E-state index < -0.39 is 12.6 Å². The van der Waals surface area contributed by atoms with Crippen LogP contribution in [0.15, 0.2) is 57.9 Å². The molecule has 1 aliphatic heterocycles. The quantitative estimate of drug-likeness (QED) is 0.654. The smallest absolute Gasteiger partial charge is 0.259 e. The normalized spacial score (nSPS) is 16.3. The monoisotopic (exact) mass is 367 g/mol. The molecule has 27 heavy (non-hydrogen) atoms. The number of nitrogens with zero attached hydrogens (tertiary/aromatic N) is 1. The molecule has 138 valence electrons. The number of aliphatic hydroxyl groups is 2. The van der Waals surface area contributed by atoms with Crippen LogP contribution in [0.5, 0.6) is 5.75 Å². The number of hydrogen-bond acceptors (Lipinski definition) is 6. The molecule has 0 saturated heterocycles. The van der Waals surface area contributed by atoms with E-state index in [-0.39, 0.29) is 35.8 Å². The van der Waals surface area contributed by atoms with Crippen LogP contribution in [-0.2, 0) is 13.0 Å². The van der Waals surface area contributed by atoms with Crippen molar-refractivity contribution >= 4 is 11.4 Å². The van der Waals surface area contributed by atoms with Crippen molar-refractivity contribution in [2.75, 3.05) is 6.61 Å². The summed E-state index contributed by atoms with van der Waals surface area (Å²) in [7, 11) is 0. The standard InChI is InChI=1S/C20H17NO6/c22-10-15-13(7-12-3-1-5-26-12)18(25)9-21-16(11-23)14(8-17(24)20(15)21)19-4-2-6-27-19/h1-6,8-9,16,22-23H,7,10-11H2. The Bertz CT molecular complexity index is 1000. The van der Waals surface area contributed by atoms with Gasteiger partial charge in [-0.3, -0.25) is 4.79 Å². The fourth-order valence-electron chi connectivity index (χ4n) is 3.51. The molecule has 3 aromatic heterocycles. The minimum Gasteiger partial charge on any atom is -0.868 e. The third-order valence-electron chi connectivity index (χ3n) is 4.74. The first-order chi connectivity index (χ1) is 13.1. The van der Waals surface area contributed by atoms with Gasteiger partial charge in [-0.1, -0.05) is 0 Å². The minimum absolute atomic E-state index is 0.168. The van der Waals surface area contributed by atoms with Crippen LogP contribution in [0.4, 0.5) is 0 Å². The molecule has 4 heterocycles. The van der Waals surface area contributed by atoms with E-state index in [2.05, 4.69) is 0 Å². The van der Waals surface area contributed by atoms with E-state index in [1.807, 2.05) is 0 Å². The summed E-state index contributed by atoms with van der Waals surface area (Å²) < 4.78 is 12.1. The number of furan rings is 2. The van der Waals surface area contributed by atoms with E-state index in [1.165, 1.54) is 29.4 Å². The Morgan fingerprint density at radius 3 is 2.52 bits per heavy atom. The Hall–Kier alpha value is -3.16. The zero-order chi connectivity index (χ0) is 19.0. The highest BCUT2D eigenvalue weighted by atomic mass is 16.3. The first-order valence-corrected chi connectivity index (χ1v) is 8.44. The largest absolute Gasteiger partial charge is 0.868 e. The van der Waals surface area contributed by atoms with Crippen molar-refractivity contribution in [2.24, 2.45) is 0 Å².